The molecule has 5 nitrogen and oxygen atoms in total. The van der Waals surface area contributed by atoms with E-state index in [1.165, 1.54) is 33.6 Å². The zero-order valence-corrected chi connectivity index (χ0v) is 15.4. The molecule has 2 aromatic heterocycles. The maximum Gasteiger partial charge on any atom is 0.235 e. The lowest BCUT2D eigenvalue weighted by molar-refractivity contribution is -0.913. The summed E-state index contributed by atoms with van der Waals surface area (Å²) in [5.74, 6) is 0.828. The summed E-state index contributed by atoms with van der Waals surface area (Å²) in [6, 6.07) is 5.72. The highest BCUT2D eigenvalue weighted by Crippen LogP contribution is 2.36. The molecule has 0 radical (unpaired) electrons. The zero-order chi connectivity index (χ0) is 16.8. The molecule has 2 N–H and O–H groups in total. The van der Waals surface area contributed by atoms with E-state index in [1.807, 2.05) is 25.1 Å². The molecule has 0 aliphatic carbocycles. The van der Waals surface area contributed by atoms with Crippen LogP contribution in [0.15, 0.2) is 18.2 Å². The number of rotatable bonds is 3. The summed E-state index contributed by atoms with van der Waals surface area (Å²) in [6.45, 7) is 3.95. The fourth-order valence-electron chi connectivity index (χ4n) is 3.42. The van der Waals surface area contributed by atoms with Crippen molar-refractivity contribution in [3.05, 3.63) is 44.5 Å². The summed E-state index contributed by atoms with van der Waals surface area (Å²) in [7, 11) is 0. The Morgan fingerprint density at radius 3 is 2.67 bits per heavy atom. The molecule has 1 fully saturated rings. The van der Waals surface area contributed by atoms with Crippen LogP contribution < -0.4 is 4.90 Å². The fourth-order valence-corrected chi connectivity index (χ4v) is 4.91. The minimum Gasteiger partial charge on any atom is -0.492 e. The molecule has 1 aliphatic rings. The number of aromatic hydroxyl groups is 1. The third kappa shape index (κ3) is 2.67. The molecule has 1 atom stereocenters. The van der Waals surface area contributed by atoms with Gasteiger partial charge in [0.05, 0.1) is 23.1 Å². The Balaban J connectivity index is 1.86. The molecule has 0 amide bonds. The zero-order valence-electron chi connectivity index (χ0n) is 13.1. The molecule has 3 aromatic rings. The standard InChI is InChI=1S/C16H16Cl2N4OS/c1-9-19-16-22(20-9)15(23)14(24-16)13(21-6-2-3-7-21)10-4-5-11(17)12(18)8-10/h4-5,8,13,23H,2-3,6-7H2,1H3/p+1/t13-/m1/s1. The monoisotopic (exact) mass is 383 g/mol. The van der Waals surface area contributed by atoms with Crippen LogP contribution in [0.25, 0.3) is 4.96 Å². The second kappa shape index (κ2) is 6.19. The summed E-state index contributed by atoms with van der Waals surface area (Å²) >= 11 is 13.8. The highest BCUT2D eigenvalue weighted by molar-refractivity contribution is 7.17. The van der Waals surface area contributed by atoms with E-state index in [1.54, 1.807) is 0 Å². The van der Waals surface area contributed by atoms with Gasteiger partial charge in [-0.2, -0.15) is 4.52 Å². The minimum absolute atomic E-state index is 0.0103. The van der Waals surface area contributed by atoms with Gasteiger partial charge in [0.1, 0.15) is 10.7 Å². The summed E-state index contributed by atoms with van der Waals surface area (Å²) in [6.07, 6.45) is 2.38. The maximum absolute atomic E-state index is 10.7. The molecule has 1 aliphatic heterocycles. The van der Waals surface area contributed by atoms with Crippen molar-refractivity contribution in [2.75, 3.05) is 13.1 Å². The van der Waals surface area contributed by atoms with E-state index in [0.29, 0.717) is 20.8 Å². The maximum atomic E-state index is 10.7. The largest absolute Gasteiger partial charge is 0.492 e. The lowest BCUT2D eigenvalue weighted by atomic mass is 10.0. The number of aromatic nitrogens is 3. The average Bonchev–Trinajstić information content (AvgIpc) is 3.24. The number of benzene rings is 1. The molecule has 126 valence electrons. The van der Waals surface area contributed by atoms with Crippen LogP contribution >= 0.6 is 34.5 Å². The number of likely N-dealkylation sites (tertiary alicyclic amines) is 1. The number of hydrogen-bond acceptors (Lipinski definition) is 4. The number of aryl methyl sites for hydroxylation is 1. The van der Waals surface area contributed by atoms with Crippen molar-refractivity contribution in [3.8, 4) is 5.88 Å². The van der Waals surface area contributed by atoms with Crippen LogP contribution in [-0.2, 0) is 0 Å². The van der Waals surface area contributed by atoms with Gasteiger partial charge in [-0.25, -0.2) is 4.98 Å². The first-order valence-corrected chi connectivity index (χ1v) is 9.46. The van der Waals surface area contributed by atoms with Gasteiger partial charge in [-0.15, -0.1) is 5.10 Å². The molecular weight excluding hydrogens is 367 g/mol. The first-order chi connectivity index (χ1) is 11.5. The van der Waals surface area contributed by atoms with Crippen LogP contribution in [0.5, 0.6) is 5.88 Å². The molecule has 8 heteroatoms. The quantitative estimate of drug-likeness (QED) is 0.730. The molecular formula is C16H17Cl2N4OS+. The van der Waals surface area contributed by atoms with Gasteiger partial charge in [-0.1, -0.05) is 40.6 Å². The molecule has 0 unspecified atom stereocenters. The van der Waals surface area contributed by atoms with Crippen molar-refractivity contribution in [3.63, 3.8) is 0 Å². The van der Waals surface area contributed by atoms with Crippen LogP contribution in [-0.4, -0.2) is 32.8 Å². The molecule has 0 spiro atoms. The first-order valence-electron chi connectivity index (χ1n) is 7.89. The van der Waals surface area contributed by atoms with E-state index >= 15 is 0 Å². The van der Waals surface area contributed by atoms with Gasteiger partial charge in [0.15, 0.2) is 6.04 Å². The molecule has 4 rings (SSSR count). The van der Waals surface area contributed by atoms with Crippen LogP contribution in [0.3, 0.4) is 0 Å². The van der Waals surface area contributed by atoms with Crippen molar-refractivity contribution in [2.45, 2.75) is 25.8 Å². The van der Waals surface area contributed by atoms with Gasteiger partial charge >= 0.3 is 0 Å². The van der Waals surface area contributed by atoms with Gasteiger partial charge in [0.2, 0.25) is 10.8 Å². The first kappa shape index (κ1) is 16.1. The summed E-state index contributed by atoms with van der Waals surface area (Å²) in [5, 5.41) is 16.1. The molecule has 3 heterocycles. The highest BCUT2D eigenvalue weighted by Gasteiger charge is 2.34. The number of quaternary nitrogens is 1. The third-order valence-electron chi connectivity index (χ3n) is 4.50. The third-order valence-corrected chi connectivity index (χ3v) is 6.32. The SMILES string of the molecule is Cc1nc2sc([C@@H](c3ccc(Cl)c(Cl)c3)[NH+]3CCCC3)c(O)n2n1. The Morgan fingerprint density at radius 1 is 1.25 bits per heavy atom. The summed E-state index contributed by atoms with van der Waals surface area (Å²) in [5.41, 5.74) is 1.05. The predicted octanol–water partition coefficient (Wildman–Crippen LogP) is 2.88. The van der Waals surface area contributed by atoms with E-state index in [-0.39, 0.29) is 11.9 Å². The van der Waals surface area contributed by atoms with Crippen molar-refractivity contribution in [2.24, 2.45) is 0 Å². The normalized spacial score (nSPS) is 17.0. The smallest absolute Gasteiger partial charge is 0.235 e. The lowest BCUT2D eigenvalue weighted by Gasteiger charge is -2.24. The van der Waals surface area contributed by atoms with Crippen LogP contribution in [0.4, 0.5) is 0 Å². The van der Waals surface area contributed by atoms with Gasteiger partial charge < -0.3 is 10.0 Å². The topological polar surface area (TPSA) is 54.9 Å². The number of fused-ring (bicyclic) bond motifs is 1. The van der Waals surface area contributed by atoms with Crippen molar-refractivity contribution < 1.29 is 10.0 Å². The second-order valence-electron chi connectivity index (χ2n) is 6.12. The number of halogens is 2. The van der Waals surface area contributed by atoms with Crippen molar-refractivity contribution in [1.82, 2.24) is 14.6 Å². The predicted molar refractivity (Wildman–Crippen MR) is 95.5 cm³/mol. The highest BCUT2D eigenvalue weighted by atomic mass is 35.5. The molecule has 0 bridgehead atoms. The van der Waals surface area contributed by atoms with E-state index in [9.17, 15) is 5.11 Å². The minimum atomic E-state index is 0.0103. The molecule has 1 aromatic carbocycles. The second-order valence-corrected chi connectivity index (χ2v) is 7.94. The number of nitrogens with zero attached hydrogens (tertiary/aromatic N) is 3. The van der Waals surface area contributed by atoms with Crippen LogP contribution in [0.1, 0.15) is 35.1 Å². The Morgan fingerprint density at radius 2 is 2.00 bits per heavy atom. The van der Waals surface area contributed by atoms with Gasteiger partial charge in [0, 0.05) is 18.4 Å². The van der Waals surface area contributed by atoms with Gasteiger partial charge in [0.25, 0.3) is 0 Å². The van der Waals surface area contributed by atoms with Gasteiger partial charge in [-0.05, 0) is 19.1 Å². The van der Waals surface area contributed by atoms with Gasteiger partial charge in [-0.3, -0.25) is 0 Å². The Labute approximate surface area is 153 Å². The Bertz CT molecular complexity index is 901. The molecule has 1 saturated heterocycles. The number of nitrogens with one attached hydrogen (secondary N) is 1. The number of thiazole rings is 1. The molecule has 0 saturated carbocycles. The summed E-state index contributed by atoms with van der Waals surface area (Å²) < 4.78 is 1.52. The summed E-state index contributed by atoms with van der Waals surface area (Å²) in [4.78, 5) is 7.39. The lowest BCUT2D eigenvalue weighted by Crippen LogP contribution is -3.10. The molecule has 24 heavy (non-hydrogen) atoms. The average molecular weight is 384 g/mol. The Kier molecular flexibility index (Phi) is 4.16. The van der Waals surface area contributed by atoms with E-state index < -0.39 is 0 Å². The number of hydrogen-bond donors (Lipinski definition) is 2. The van der Waals surface area contributed by atoms with Crippen LogP contribution in [0, 0.1) is 6.92 Å². The van der Waals surface area contributed by atoms with Crippen molar-refractivity contribution >= 4 is 39.5 Å². The van der Waals surface area contributed by atoms with Crippen LogP contribution in [0.2, 0.25) is 10.0 Å². The van der Waals surface area contributed by atoms with E-state index in [2.05, 4.69) is 10.1 Å². The fraction of sp³-hybridized carbons (Fsp3) is 0.375. The van der Waals surface area contributed by atoms with E-state index in [4.69, 9.17) is 23.2 Å². The Hall–Kier alpha value is -1.34. The van der Waals surface area contributed by atoms with Crippen molar-refractivity contribution in [1.29, 1.82) is 0 Å². The van der Waals surface area contributed by atoms with E-state index in [0.717, 1.165) is 23.5 Å².